The summed E-state index contributed by atoms with van der Waals surface area (Å²) < 4.78 is 10.8. The van der Waals surface area contributed by atoms with E-state index in [4.69, 9.17) is 14.3 Å². The number of nitrogens with one attached hydrogen (secondary N) is 3. The fraction of sp³-hybridized carbons (Fsp3) is 0.818. The van der Waals surface area contributed by atoms with Gasteiger partial charge in [-0.05, 0) is 37.5 Å². The SMILES string of the molecule is CCC[C@H](NC(=O)C1C[C@]2(CC(C3CCCCC3)=NO2)CN1C(=O)C(NC(=O)O[C@H]1CCOC1)C(C)(C)C)C(=O)C(=O)NC1CC1. The summed E-state index contributed by atoms with van der Waals surface area (Å²) in [6.07, 6.45) is 8.20. The number of oxime groups is 1. The van der Waals surface area contributed by atoms with E-state index in [0.29, 0.717) is 38.4 Å². The molecule has 13 nitrogen and oxygen atoms in total. The van der Waals surface area contributed by atoms with Crippen molar-refractivity contribution in [1.29, 1.82) is 0 Å². The van der Waals surface area contributed by atoms with Gasteiger partial charge >= 0.3 is 6.09 Å². The van der Waals surface area contributed by atoms with E-state index in [1.165, 1.54) is 11.3 Å². The number of carbonyl (C=O) groups is 5. The first kappa shape index (κ1) is 34.1. The molecule has 4 amide bonds. The predicted molar refractivity (Wildman–Crippen MR) is 168 cm³/mol. The van der Waals surface area contributed by atoms with Crippen molar-refractivity contribution in [3.63, 3.8) is 0 Å². The fourth-order valence-corrected chi connectivity index (χ4v) is 7.00. The highest BCUT2D eigenvalue weighted by Crippen LogP contribution is 2.42. The zero-order chi connectivity index (χ0) is 33.1. The molecule has 2 unspecified atom stereocenters. The van der Waals surface area contributed by atoms with Crippen molar-refractivity contribution in [2.75, 3.05) is 19.8 Å². The molecule has 3 N–H and O–H groups in total. The highest BCUT2D eigenvalue weighted by molar-refractivity contribution is 6.38. The molecule has 256 valence electrons. The van der Waals surface area contributed by atoms with Crippen LogP contribution in [0.15, 0.2) is 5.16 Å². The van der Waals surface area contributed by atoms with Gasteiger partial charge in [-0.2, -0.15) is 0 Å². The lowest BCUT2D eigenvalue weighted by atomic mass is 9.81. The second kappa shape index (κ2) is 14.3. The van der Waals surface area contributed by atoms with Gasteiger partial charge in [0.15, 0.2) is 5.60 Å². The molecule has 0 bridgehead atoms. The van der Waals surface area contributed by atoms with Crippen molar-refractivity contribution >= 4 is 35.3 Å². The molecule has 5 aliphatic rings. The molecule has 0 aromatic heterocycles. The number of rotatable bonds is 11. The number of hydrogen-bond donors (Lipinski definition) is 3. The molecule has 5 atom stereocenters. The fourth-order valence-electron chi connectivity index (χ4n) is 7.00. The number of hydrogen-bond acceptors (Lipinski definition) is 9. The largest absolute Gasteiger partial charge is 0.444 e. The zero-order valence-corrected chi connectivity index (χ0v) is 27.7. The topological polar surface area (TPSA) is 165 Å². The van der Waals surface area contributed by atoms with E-state index >= 15 is 0 Å². The number of ketones is 1. The highest BCUT2D eigenvalue weighted by atomic mass is 16.7. The van der Waals surface area contributed by atoms with Crippen LogP contribution >= 0.6 is 0 Å². The zero-order valence-electron chi connectivity index (χ0n) is 27.7. The molecule has 2 saturated carbocycles. The number of nitrogens with zero attached hydrogens (tertiary/aromatic N) is 2. The first-order chi connectivity index (χ1) is 21.9. The molecule has 1 spiro atoms. The summed E-state index contributed by atoms with van der Waals surface area (Å²) in [5, 5.41) is 12.8. The molecule has 3 heterocycles. The quantitative estimate of drug-likeness (QED) is 0.289. The van der Waals surface area contributed by atoms with E-state index in [2.05, 4.69) is 21.1 Å². The van der Waals surface area contributed by atoms with Crippen LogP contribution in [0.5, 0.6) is 0 Å². The lowest BCUT2D eigenvalue weighted by molar-refractivity contribution is -0.144. The molecular formula is C33H51N5O8. The van der Waals surface area contributed by atoms with E-state index in [-0.39, 0.29) is 25.4 Å². The van der Waals surface area contributed by atoms with Crippen molar-refractivity contribution in [2.24, 2.45) is 16.5 Å². The van der Waals surface area contributed by atoms with Crippen LogP contribution < -0.4 is 16.0 Å². The minimum absolute atomic E-state index is 0.00447. The van der Waals surface area contributed by atoms with Crippen LogP contribution in [-0.2, 0) is 33.5 Å². The Hall–Kier alpha value is -3.22. The molecule has 2 saturated heterocycles. The van der Waals surface area contributed by atoms with Crippen molar-refractivity contribution in [2.45, 2.75) is 141 Å². The average Bonchev–Trinajstić information content (AvgIpc) is 3.37. The Bertz CT molecular complexity index is 1200. The molecule has 3 aliphatic heterocycles. The van der Waals surface area contributed by atoms with Gasteiger partial charge in [-0.1, -0.05) is 58.5 Å². The maximum Gasteiger partial charge on any atom is 0.408 e. The molecule has 2 aliphatic carbocycles. The normalized spacial score (nSPS) is 27.8. The number of alkyl carbamates (subject to hydrolysis) is 1. The molecular weight excluding hydrogens is 594 g/mol. The second-order valence-electron chi connectivity index (χ2n) is 14.9. The minimum atomic E-state index is -1.02. The average molecular weight is 646 g/mol. The van der Waals surface area contributed by atoms with Gasteiger partial charge in [-0.25, -0.2) is 4.79 Å². The van der Waals surface area contributed by atoms with Crippen molar-refractivity contribution < 1.29 is 38.3 Å². The lowest BCUT2D eigenvalue weighted by Crippen LogP contribution is -2.59. The molecule has 0 radical (unpaired) electrons. The maximum absolute atomic E-state index is 14.4. The first-order valence-corrected chi connectivity index (χ1v) is 17.1. The summed E-state index contributed by atoms with van der Waals surface area (Å²) in [5.74, 6) is -2.07. The number of amides is 4. The minimum Gasteiger partial charge on any atom is -0.444 e. The van der Waals surface area contributed by atoms with E-state index in [0.717, 1.165) is 44.2 Å². The van der Waals surface area contributed by atoms with Crippen molar-refractivity contribution in [3.8, 4) is 0 Å². The Kier molecular flexibility index (Phi) is 10.6. The third kappa shape index (κ3) is 8.19. The highest BCUT2D eigenvalue weighted by Gasteiger charge is 2.56. The summed E-state index contributed by atoms with van der Waals surface area (Å²) >= 11 is 0. The predicted octanol–water partition coefficient (Wildman–Crippen LogP) is 2.75. The second-order valence-corrected chi connectivity index (χ2v) is 14.9. The third-order valence-electron chi connectivity index (χ3n) is 9.81. The monoisotopic (exact) mass is 645 g/mol. The van der Waals surface area contributed by atoms with Crippen molar-refractivity contribution in [1.82, 2.24) is 20.9 Å². The Balaban J connectivity index is 1.36. The Morgan fingerprint density at radius 1 is 1.04 bits per heavy atom. The van der Waals surface area contributed by atoms with E-state index in [9.17, 15) is 24.0 Å². The van der Waals surface area contributed by atoms with Gasteiger partial charge in [-0.15, -0.1) is 0 Å². The van der Waals surface area contributed by atoms with Gasteiger partial charge in [0.05, 0.1) is 31.5 Å². The van der Waals surface area contributed by atoms with Gasteiger partial charge in [0.1, 0.15) is 18.2 Å². The van der Waals surface area contributed by atoms with Crippen LogP contribution in [0, 0.1) is 11.3 Å². The van der Waals surface area contributed by atoms with Crippen LogP contribution in [0.1, 0.15) is 105 Å². The Morgan fingerprint density at radius 3 is 2.41 bits per heavy atom. The summed E-state index contributed by atoms with van der Waals surface area (Å²) in [6, 6.07) is -3.04. The molecule has 5 rings (SSSR count). The van der Waals surface area contributed by atoms with Crippen LogP contribution in [0.3, 0.4) is 0 Å². The molecule has 0 aromatic carbocycles. The van der Waals surface area contributed by atoms with Crippen LogP contribution in [0.2, 0.25) is 0 Å². The van der Waals surface area contributed by atoms with Gasteiger partial charge < -0.3 is 35.2 Å². The lowest BCUT2D eigenvalue weighted by Gasteiger charge is -2.35. The molecule has 0 aromatic rings. The Labute approximate surface area is 271 Å². The van der Waals surface area contributed by atoms with E-state index in [1.807, 2.05) is 27.7 Å². The van der Waals surface area contributed by atoms with Gasteiger partial charge in [0.2, 0.25) is 17.6 Å². The summed E-state index contributed by atoms with van der Waals surface area (Å²) in [4.78, 5) is 74.7. The van der Waals surface area contributed by atoms with Gasteiger partial charge in [-0.3, -0.25) is 19.2 Å². The first-order valence-electron chi connectivity index (χ1n) is 17.1. The van der Waals surface area contributed by atoms with Crippen LogP contribution in [0.25, 0.3) is 0 Å². The van der Waals surface area contributed by atoms with E-state index < -0.39 is 64.8 Å². The Morgan fingerprint density at radius 2 is 1.78 bits per heavy atom. The summed E-state index contributed by atoms with van der Waals surface area (Å²) in [7, 11) is 0. The van der Waals surface area contributed by atoms with Gasteiger partial charge in [0, 0.05) is 31.2 Å². The van der Waals surface area contributed by atoms with Crippen LogP contribution in [-0.4, -0.2) is 95.8 Å². The van der Waals surface area contributed by atoms with Crippen molar-refractivity contribution in [3.05, 3.63) is 0 Å². The maximum atomic E-state index is 14.4. The summed E-state index contributed by atoms with van der Waals surface area (Å²) in [6.45, 7) is 8.27. The third-order valence-corrected chi connectivity index (χ3v) is 9.81. The summed E-state index contributed by atoms with van der Waals surface area (Å²) in [5.41, 5.74) is -0.667. The smallest absolute Gasteiger partial charge is 0.408 e. The number of ether oxygens (including phenoxy) is 2. The number of carbonyl (C=O) groups excluding carboxylic acids is 5. The van der Waals surface area contributed by atoms with Gasteiger partial charge in [0.25, 0.3) is 5.91 Å². The molecule has 4 fully saturated rings. The van der Waals surface area contributed by atoms with Crippen LogP contribution in [0.4, 0.5) is 4.79 Å². The standard InChI is InChI=1S/C33H51N5O8/c1-5-9-23(26(39)29(41)34-21-12-13-21)35-28(40)25-17-33(16-24(37-46-33)20-10-7-6-8-11-20)19-38(25)30(42)27(32(2,3)4)36-31(43)45-22-14-15-44-18-22/h20-23,25,27H,5-19H2,1-4H3,(H,34,41)(H,35,40)(H,36,43)/t22-,23-,25?,27?,33+/m0/s1. The number of likely N-dealkylation sites (tertiary alicyclic amines) is 1. The van der Waals surface area contributed by atoms with E-state index in [1.54, 1.807) is 0 Å². The number of Topliss-reactive ketones (excluding diaryl/α,β-unsaturated/α-hetero) is 1. The molecule has 13 heteroatoms. The molecule has 46 heavy (non-hydrogen) atoms.